The summed E-state index contributed by atoms with van der Waals surface area (Å²) in [6.07, 6.45) is 7.49. The fourth-order valence-corrected chi connectivity index (χ4v) is 2.96. The molecule has 4 nitrogen and oxygen atoms in total. The molecule has 1 aromatic heterocycles. The highest BCUT2D eigenvalue weighted by atomic mass is 16.5. The minimum Gasteiger partial charge on any atom is -0.486 e. The summed E-state index contributed by atoms with van der Waals surface area (Å²) in [4.78, 5) is 0. The Morgan fingerprint density at radius 3 is 2.89 bits per heavy atom. The van der Waals surface area contributed by atoms with Crippen LogP contribution in [0.15, 0.2) is 12.4 Å². The topological polar surface area (TPSA) is 39.1 Å². The van der Waals surface area contributed by atoms with Gasteiger partial charge in [0.05, 0.1) is 12.4 Å². The van der Waals surface area contributed by atoms with E-state index in [4.69, 9.17) is 4.74 Å². The van der Waals surface area contributed by atoms with Crippen molar-refractivity contribution in [2.24, 2.45) is 5.41 Å². The zero-order valence-corrected chi connectivity index (χ0v) is 12.6. The molecule has 0 aliphatic heterocycles. The molecule has 0 saturated heterocycles. The van der Waals surface area contributed by atoms with Crippen LogP contribution in [0.3, 0.4) is 0 Å². The van der Waals surface area contributed by atoms with Crippen LogP contribution in [-0.2, 0) is 6.54 Å². The molecular formula is C15H27N3O. The lowest BCUT2D eigenvalue weighted by Crippen LogP contribution is -2.63. The molecule has 0 bridgehead atoms. The maximum Gasteiger partial charge on any atom is 0.157 e. The number of ether oxygens (including phenoxy) is 1. The molecule has 0 spiro atoms. The lowest BCUT2D eigenvalue weighted by Gasteiger charge is -2.53. The van der Waals surface area contributed by atoms with Gasteiger partial charge in [0.25, 0.3) is 0 Å². The van der Waals surface area contributed by atoms with Crippen LogP contribution < -0.4 is 10.1 Å². The lowest BCUT2D eigenvalue weighted by molar-refractivity contribution is -0.0697. The molecular weight excluding hydrogens is 238 g/mol. The van der Waals surface area contributed by atoms with Gasteiger partial charge in [0, 0.05) is 24.4 Å². The van der Waals surface area contributed by atoms with Crippen molar-refractivity contribution in [1.82, 2.24) is 15.1 Å². The average molecular weight is 265 g/mol. The van der Waals surface area contributed by atoms with Gasteiger partial charge in [0.15, 0.2) is 5.75 Å². The van der Waals surface area contributed by atoms with Gasteiger partial charge in [-0.3, -0.25) is 4.68 Å². The molecule has 0 radical (unpaired) electrons. The fourth-order valence-electron chi connectivity index (χ4n) is 2.96. The molecule has 19 heavy (non-hydrogen) atoms. The van der Waals surface area contributed by atoms with Crippen LogP contribution in [0, 0.1) is 5.41 Å². The van der Waals surface area contributed by atoms with Gasteiger partial charge in [0.2, 0.25) is 0 Å². The van der Waals surface area contributed by atoms with Crippen molar-refractivity contribution < 1.29 is 4.74 Å². The number of nitrogens with one attached hydrogen (secondary N) is 1. The van der Waals surface area contributed by atoms with Gasteiger partial charge < -0.3 is 10.1 Å². The van der Waals surface area contributed by atoms with E-state index in [1.165, 1.54) is 0 Å². The van der Waals surface area contributed by atoms with Gasteiger partial charge in [-0.05, 0) is 19.4 Å². The van der Waals surface area contributed by atoms with Crippen LogP contribution in [0.2, 0.25) is 0 Å². The summed E-state index contributed by atoms with van der Waals surface area (Å²) in [5.41, 5.74) is 0.239. The van der Waals surface area contributed by atoms with Gasteiger partial charge in [-0.1, -0.05) is 27.7 Å². The predicted octanol–water partition coefficient (Wildman–Crippen LogP) is 2.84. The maximum absolute atomic E-state index is 6.14. The number of aryl methyl sites for hydroxylation is 1. The molecule has 1 aromatic rings. The Bertz CT molecular complexity index is 404. The fraction of sp³-hybridized carbons (Fsp3) is 0.800. The Labute approximate surface area is 116 Å². The molecule has 0 amide bonds. The van der Waals surface area contributed by atoms with Crippen LogP contribution in [0.5, 0.6) is 5.75 Å². The molecule has 4 heteroatoms. The van der Waals surface area contributed by atoms with Crippen molar-refractivity contribution >= 4 is 0 Å². The van der Waals surface area contributed by atoms with Gasteiger partial charge in [-0.25, -0.2) is 0 Å². The third-order valence-electron chi connectivity index (χ3n) is 4.53. The van der Waals surface area contributed by atoms with E-state index in [0.29, 0.717) is 12.1 Å². The van der Waals surface area contributed by atoms with E-state index in [9.17, 15) is 0 Å². The highest BCUT2D eigenvalue weighted by Gasteiger charge is 2.51. The van der Waals surface area contributed by atoms with E-state index in [1.54, 1.807) is 0 Å². The van der Waals surface area contributed by atoms with Crippen LogP contribution >= 0.6 is 0 Å². The molecule has 2 rings (SSSR count). The molecule has 108 valence electrons. The molecule has 0 aromatic carbocycles. The van der Waals surface area contributed by atoms with Crippen molar-refractivity contribution in [1.29, 1.82) is 0 Å². The highest BCUT2D eigenvalue weighted by Crippen LogP contribution is 2.45. The third kappa shape index (κ3) is 2.78. The van der Waals surface area contributed by atoms with E-state index in [-0.39, 0.29) is 5.41 Å². The number of nitrogens with zero attached hydrogens (tertiary/aromatic N) is 2. The van der Waals surface area contributed by atoms with Gasteiger partial charge >= 0.3 is 0 Å². The molecule has 3 atom stereocenters. The molecule has 1 fully saturated rings. The van der Waals surface area contributed by atoms with Crippen molar-refractivity contribution in [2.75, 3.05) is 6.54 Å². The Morgan fingerprint density at radius 1 is 1.47 bits per heavy atom. The van der Waals surface area contributed by atoms with E-state index in [1.807, 2.05) is 17.1 Å². The summed E-state index contributed by atoms with van der Waals surface area (Å²) in [6.45, 7) is 10.9. The Morgan fingerprint density at radius 2 is 2.26 bits per heavy atom. The largest absolute Gasteiger partial charge is 0.486 e. The Kier molecular flexibility index (Phi) is 4.50. The van der Waals surface area contributed by atoms with Crippen molar-refractivity contribution in [2.45, 2.75) is 65.6 Å². The summed E-state index contributed by atoms with van der Waals surface area (Å²) >= 11 is 0. The lowest BCUT2D eigenvalue weighted by atomic mass is 9.61. The molecule has 3 unspecified atom stereocenters. The third-order valence-corrected chi connectivity index (χ3v) is 4.53. The maximum atomic E-state index is 6.14. The van der Waals surface area contributed by atoms with Gasteiger partial charge in [-0.15, -0.1) is 0 Å². The normalized spacial score (nSPS) is 30.1. The monoisotopic (exact) mass is 265 g/mol. The first-order valence-electron chi connectivity index (χ1n) is 7.56. The smallest absolute Gasteiger partial charge is 0.157 e. The molecule has 1 aliphatic carbocycles. The molecule has 1 heterocycles. The van der Waals surface area contributed by atoms with E-state index in [0.717, 1.165) is 38.1 Å². The van der Waals surface area contributed by atoms with Crippen molar-refractivity contribution in [3.05, 3.63) is 12.4 Å². The second-order valence-electron chi connectivity index (χ2n) is 5.75. The van der Waals surface area contributed by atoms with Crippen LogP contribution in [0.25, 0.3) is 0 Å². The molecule has 1 saturated carbocycles. The second-order valence-corrected chi connectivity index (χ2v) is 5.75. The van der Waals surface area contributed by atoms with E-state index in [2.05, 4.69) is 38.1 Å². The quantitative estimate of drug-likeness (QED) is 0.824. The number of hydrogen-bond acceptors (Lipinski definition) is 3. The van der Waals surface area contributed by atoms with E-state index >= 15 is 0 Å². The number of hydrogen-bond donors (Lipinski definition) is 1. The van der Waals surface area contributed by atoms with Crippen LogP contribution in [-0.4, -0.2) is 28.5 Å². The van der Waals surface area contributed by atoms with Crippen LogP contribution in [0.1, 0.15) is 47.0 Å². The first-order valence-corrected chi connectivity index (χ1v) is 7.56. The SMILES string of the molecule is CCCn1cc(OC2CC(NCC)C2(C)CC)cn1. The number of rotatable bonds is 7. The predicted molar refractivity (Wildman–Crippen MR) is 77.4 cm³/mol. The Balaban J connectivity index is 1.95. The van der Waals surface area contributed by atoms with Gasteiger partial charge in [-0.2, -0.15) is 5.10 Å². The summed E-state index contributed by atoms with van der Waals surface area (Å²) in [5, 5.41) is 7.89. The summed E-state index contributed by atoms with van der Waals surface area (Å²) in [6, 6.07) is 0.582. The Hall–Kier alpha value is -1.03. The van der Waals surface area contributed by atoms with Gasteiger partial charge in [0.1, 0.15) is 6.10 Å². The van der Waals surface area contributed by atoms with Crippen molar-refractivity contribution in [3.8, 4) is 5.75 Å². The number of aromatic nitrogens is 2. The summed E-state index contributed by atoms with van der Waals surface area (Å²) in [7, 11) is 0. The minimum absolute atomic E-state index is 0.239. The zero-order chi connectivity index (χ0) is 13.9. The highest BCUT2D eigenvalue weighted by molar-refractivity contribution is 5.16. The second kappa shape index (κ2) is 5.95. The molecule has 1 aliphatic rings. The van der Waals surface area contributed by atoms with E-state index < -0.39 is 0 Å². The summed E-state index contributed by atoms with van der Waals surface area (Å²) < 4.78 is 8.09. The molecule has 1 N–H and O–H groups in total. The standard InChI is InChI=1S/C15H27N3O/c1-5-8-18-11-12(10-17-18)19-14-9-13(16-7-3)15(14,4)6-2/h10-11,13-14,16H,5-9H2,1-4H3. The minimum atomic E-state index is 0.239. The average Bonchev–Trinajstić information content (AvgIpc) is 2.84. The first-order chi connectivity index (χ1) is 9.13. The van der Waals surface area contributed by atoms with Crippen LogP contribution in [0.4, 0.5) is 0 Å². The summed E-state index contributed by atoms with van der Waals surface area (Å²) in [5.74, 6) is 0.910. The zero-order valence-electron chi connectivity index (χ0n) is 12.6. The first kappa shape index (κ1) is 14.4. The van der Waals surface area contributed by atoms with Crippen molar-refractivity contribution in [3.63, 3.8) is 0 Å².